The molecule has 1 aromatic carbocycles. The summed E-state index contributed by atoms with van der Waals surface area (Å²) >= 11 is 4.92. The topological polar surface area (TPSA) is 88.5 Å². The normalized spacial score (nSPS) is 16.2. The van der Waals surface area contributed by atoms with Crippen molar-refractivity contribution in [1.29, 1.82) is 0 Å². The van der Waals surface area contributed by atoms with Crippen LogP contribution in [0.15, 0.2) is 23.1 Å². The molecule has 45 heavy (non-hydrogen) atoms. The van der Waals surface area contributed by atoms with Crippen LogP contribution in [-0.4, -0.2) is 79.3 Å². The number of rotatable bonds is 12. The van der Waals surface area contributed by atoms with E-state index in [9.17, 15) is 109 Å². The molecule has 0 radical (unpaired) electrons. The summed E-state index contributed by atoms with van der Waals surface area (Å²) in [7, 11) is -16.2. The molecule has 1 rings (SSSR count). The van der Waals surface area contributed by atoms with E-state index in [0.29, 0.717) is 0 Å². The molecular weight excluding hydrogens is 771 g/mol. The summed E-state index contributed by atoms with van der Waals surface area (Å²) in [5.74, 6) is -76.9. The maximum atomic E-state index is 14.2. The van der Waals surface area contributed by atoms with Crippen LogP contribution >= 0.6 is 11.6 Å². The first-order chi connectivity index (χ1) is 19.2. The molecule has 29 heteroatoms. The van der Waals surface area contributed by atoms with Crippen LogP contribution in [0.2, 0.25) is 5.02 Å². The SMILES string of the molecule is O=S(=O)(O)C(F)(F)C(F)(F)C(F)(F)C(F)(F)C(F)(F)C(F)(F)C(F)(F)C(F)(F)C(F)(F)C(F)(F)S(=O)(=O)c1c(F)cccc1Cl. The van der Waals surface area contributed by atoms with Crippen molar-refractivity contribution < 1.29 is 114 Å². The second-order valence-electron chi connectivity index (χ2n) is 8.16. The molecule has 0 aliphatic rings. The van der Waals surface area contributed by atoms with E-state index < -0.39 is 93.6 Å². The van der Waals surface area contributed by atoms with Gasteiger partial charge in [0.1, 0.15) is 10.7 Å². The van der Waals surface area contributed by atoms with Crippen molar-refractivity contribution in [1.82, 2.24) is 0 Å². The third-order valence-corrected chi connectivity index (χ3v) is 8.56. The molecule has 0 fully saturated rings. The standard InChI is InChI=1S/C16H4ClF21O5S2/c17-4-2-1-3-5(18)6(4)44(39,40)15(35,36)13(31,32)11(27,28)9(23,24)7(19,20)8(21,22)10(25,26)12(29,30)14(33,34)16(37,38)45(41,42)43/h1-3H,(H,41,42,43). The molecule has 0 unspecified atom stereocenters. The van der Waals surface area contributed by atoms with Crippen LogP contribution < -0.4 is 0 Å². The largest absolute Gasteiger partial charge is 0.438 e. The summed E-state index contributed by atoms with van der Waals surface area (Å²) in [6, 6.07) is -0.00149. The number of hydrogen-bond donors (Lipinski definition) is 1. The van der Waals surface area contributed by atoms with E-state index in [1.165, 1.54) is 0 Å². The monoisotopic (exact) mass is 774 g/mol. The van der Waals surface area contributed by atoms with Gasteiger partial charge >= 0.3 is 68.0 Å². The third-order valence-electron chi connectivity index (χ3n) is 5.34. The fraction of sp³-hybridized carbons (Fsp3) is 0.625. The van der Waals surface area contributed by atoms with Crippen LogP contribution in [0.1, 0.15) is 0 Å². The van der Waals surface area contributed by atoms with Gasteiger partial charge in [0, 0.05) is 0 Å². The van der Waals surface area contributed by atoms with Crippen molar-refractivity contribution in [3.63, 3.8) is 0 Å². The van der Waals surface area contributed by atoms with Gasteiger partial charge in [-0.25, -0.2) is 12.8 Å². The Kier molecular flexibility index (Phi) is 9.50. The lowest BCUT2D eigenvalue weighted by atomic mass is 9.87. The second-order valence-corrected chi connectivity index (χ2v) is 12.0. The van der Waals surface area contributed by atoms with Crippen LogP contribution in [0.3, 0.4) is 0 Å². The van der Waals surface area contributed by atoms with Crippen molar-refractivity contribution in [3.05, 3.63) is 29.0 Å². The summed E-state index contributed by atoms with van der Waals surface area (Å²) in [5.41, 5.74) is 0. The van der Waals surface area contributed by atoms with Gasteiger partial charge in [-0.3, -0.25) is 4.55 Å². The number of hydrogen-bond acceptors (Lipinski definition) is 4. The molecule has 0 bridgehead atoms. The first-order valence-electron chi connectivity index (χ1n) is 9.61. The molecule has 1 N–H and O–H groups in total. The van der Waals surface area contributed by atoms with E-state index in [0.717, 1.165) is 0 Å². The van der Waals surface area contributed by atoms with E-state index in [-0.39, 0.29) is 18.2 Å². The Morgan fingerprint density at radius 3 is 1.02 bits per heavy atom. The molecule has 264 valence electrons. The highest BCUT2D eigenvalue weighted by Crippen LogP contribution is 2.67. The third kappa shape index (κ3) is 4.88. The molecule has 0 aliphatic heterocycles. The number of benzene rings is 1. The first-order valence-corrected chi connectivity index (χ1v) is 12.9. The van der Waals surface area contributed by atoms with Crippen molar-refractivity contribution in [2.75, 3.05) is 0 Å². The molecular formula is C16H4ClF21O5S2. The Bertz CT molecular complexity index is 1520. The zero-order valence-electron chi connectivity index (χ0n) is 19.4. The van der Waals surface area contributed by atoms with E-state index >= 15 is 0 Å². The van der Waals surface area contributed by atoms with E-state index in [4.69, 9.17) is 16.2 Å². The minimum Gasteiger partial charge on any atom is -0.281 e. The van der Waals surface area contributed by atoms with Gasteiger partial charge in [-0.1, -0.05) is 17.7 Å². The maximum Gasteiger partial charge on any atom is 0.438 e. The highest BCUT2D eigenvalue weighted by Gasteiger charge is 2.99. The maximum absolute atomic E-state index is 14.2. The van der Waals surface area contributed by atoms with Crippen LogP contribution in [0.5, 0.6) is 0 Å². The lowest BCUT2D eigenvalue weighted by molar-refractivity contribution is -0.463. The molecule has 0 saturated carbocycles. The van der Waals surface area contributed by atoms with Crippen molar-refractivity contribution >= 4 is 31.6 Å². The Morgan fingerprint density at radius 1 is 0.489 bits per heavy atom. The van der Waals surface area contributed by atoms with Gasteiger partial charge in [-0.15, -0.1) is 0 Å². The summed E-state index contributed by atoms with van der Waals surface area (Å²) in [4.78, 5) is -3.00. The average molecular weight is 775 g/mol. The summed E-state index contributed by atoms with van der Waals surface area (Å²) in [5, 5.41) is -18.3. The number of alkyl halides is 20. The van der Waals surface area contributed by atoms with Crippen molar-refractivity contribution in [2.45, 2.75) is 62.8 Å². The Hall–Kier alpha value is -2.10. The van der Waals surface area contributed by atoms with Crippen LogP contribution in [0.4, 0.5) is 92.2 Å². The fourth-order valence-electron chi connectivity index (χ4n) is 2.75. The molecule has 0 aromatic heterocycles. The molecule has 0 heterocycles. The highest BCUT2D eigenvalue weighted by atomic mass is 35.5. The Morgan fingerprint density at radius 2 is 0.756 bits per heavy atom. The molecule has 0 aliphatic carbocycles. The predicted molar refractivity (Wildman–Crippen MR) is 99.6 cm³/mol. The lowest BCUT2D eigenvalue weighted by Crippen LogP contribution is -2.77. The van der Waals surface area contributed by atoms with Gasteiger partial charge in [-0.05, 0) is 12.1 Å². The lowest BCUT2D eigenvalue weighted by Gasteiger charge is -2.44. The van der Waals surface area contributed by atoms with Crippen molar-refractivity contribution in [3.8, 4) is 0 Å². The van der Waals surface area contributed by atoms with E-state index in [2.05, 4.69) is 0 Å². The van der Waals surface area contributed by atoms with Gasteiger partial charge in [-0.2, -0.15) is 96.2 Å². The zero-order valence-corrected chi connectivity index (χ0v) is 21.8. The van der Waals surface area contributed by atoms with Crippen LogP contribution in [0.25, 0.3) is 0 Å². The second kappa shape index (κ2) is 10.4. The minimum atomic E-state index is -9.56. The zero-order chi connectivity index (χ0) is 36.9. The summed E-state index contributed by atoms with van der Waals surface area (Å²) < 4.78 is 341. The number of sulfone groups is 1. The molecule has 5 nitrogen and oxygen atoms in total. The van der Waals surface area contributed by atoms with Crippen molar-refractivity contribution in [2.24, 2.45) is 0 Å². The van der Waals surface area contributed by atoms with Crippen LogP contribution in [0, 0.1) is 5.82 Å². The first kappa shape index (κ1) is 40.9. The minimum absolute atomic E-state index is 0.00319. The molecule has 0 saturated heterocycles. The smallest absolute Gasteiger partial charge is 0.281 e. The number of halogens is 22. The molecule has 0 spiro atoms. The van der Waals surface area contributed by atoms with Gasteiger partial charge in [0.15, 0.2) is 0 Å². The van der Waals surface area contributed by atoms with E-state index in [1.54, 1.807) is 0 Å². The molecule has 1 aromatic rings. The Labute approximate surface area is 237 Å². The quantitative estimate of drug-likeness (QED) is 0.177. The molecule has 0 atom stereocenters. The summed E-state index contributed by atoms with van der Waals surface area (Å²) in [6.45, 7) is 0. The van der Waals surface area contributed by atoms with Crippen LogP contribution in [-0.2, 0) is 20.0 Å². The average Bonchev–Trinajstić information content (AvgIpc) is 2.81. The van der Waals surface area contributed by atoms with Gasteiger partial charge < -0.3 is 0 Å². The Balaban J connectivity index is 4.02. The summed E-state index contributed by atoms with van der Waals surface area (Å²) in [6.07, 6.45) is 0. The predicted octanol–water partition coefficient (Wildman–Crippen LogP) is 7.41. The highest BCUT2D eigenvalue weighted by molar-refractivity contribution is 7.92. The van der Waals surface area contributed by atoms with Gasteiger partial charge in [0.05, 0.1) is 5.02 Å². The van der Waals surface area contributed by atoms with Gasteiger partial charge in [0.2, 0.25) is 0 Å². The fourth-order valence-corrected chi connectivity index (χ4v) is 5.04. The molecule has 0 amide bonds. The van der Waals surface area contributed by atoms with Gasteiger partial charge in [0.25, 0.3) is 9.84 Å². The van der Waals surface area contributed by atoms with E-state index in [1.807, 2.05) is 0 Å².